The summed E-state index contributed by atoms with van der Waals surface area (Å²) in [4.78, 5) is 11.9. The Morgan fingerprint density at radius 2 is 2.28 bits per heavy atom. The molecule has 0 saturated carbocycles. The molecule has 0 saturated heterocycles. The lowest BCUT2D eigenvalue weighted by Gasteiger charge is -2.09. The maximum absolute atomic E-state index is 13.0. The lowest BCUT2D eigenvalue weighted by atomic mass is 10.3. The Bertz CT molecular complexity index is 591. The molecule has 1 aromatic heterocycles. The van der Waals surface area contributed by atoms with Crippen LogP contribution in [0.1, 0.15) is 10.5 Å². The first-order chi connectivity index (χ1) is 8.49. The lowest BCUT2D eigenvalue weighted by Crippen LogP contribution is -2.16. The van der Waals surface area contributed by atoms with Gasteiger partial charge in [-0.3, -0.25) is 9.48 Å². The van der Waals surface area contributed by atoms with Gasteiger partial charge in [0.1, 0.15) is 11.5 Å². The van der Waals surface area contributed by atoms with E-state index in [-0.39, 0.29) is 10.9 Å². The number of aromatic nitrogens is 2. The summed E-state index contributed by atoms with van der Waals surface area (Å²) in [6, 6.07) is 3.93. The topological polar surface area (TPSA) is 46.9 Å². The summed E-state index contributed by atoms with van der Waals surface area (Å²) in [5.74, 6) is -0.852. The molecule has 0 atom stereocenters. The smallest absolute Gasteiger partial charge is 0.273 e. The normalized spacial score (nSPS) is 10.4. The summed E-state index contributed by atoms with van der Waals surface area (Å²) in [6.07, 6.45) is 1.51. The number of rotatable bonds is 2. The van der Waals surface area contributed by atoms with Crippen LogP contribution in [0.25, 0.3) is 0 Å². The Hall–Kier alpha value is -1.40. The molecule has 0 spiro atoms. The largest absolute Gasteiger partial charge is 0.318 e. The SMILES string of the molecule is Cn1nccc1C(=O)Nc1c(Cl)cc(F)cc1Br. The van der Waals surface area contributed by atoms with Crippen molar-refractivity contribution in [1.29, 1.82) is 0 Å². The maximum atomic E-state index is 13.0. The highest BCUT2D eigenvalue weighted by molar-refractivity contribution is 9.10. The second-order valence-electron chi connectivity index (χ2n) is 3.54. The van der Waals surface area contributed by atoms with Crippen molar-refractivity contribution in [1.82, 2.24) is 9.78 Å². The highest BCUT2D eigenvalue weighted by Crippen LogP contribution is 2.31. The zero-order chi connectivity index (χ0) is 13.3. The van der Waals surface area contributed by atoms with E-state index in [4.69, 9.17) is 11.6 Å². The Kier molecular flexibility index (Phi) is 3.68. The Morgan fingerprint density at radius 1 is 1.56 bits per heavy atom. The van der Waals surface area contributed by atoms with Gasteiger partial charge in [0.05, 0.1) is 10.7 Å². The van der Waals surface area contributed by atoms with Crippen molar-refractivity contribution < 1.29 is 9.18 Å². The summed E-state index contributed by atoms with van der Waals surface area (Å²) in [7, 11) is 1.65. The Balaban J connectivity index is 2.31. The molecule has 7 heteroatoms. The fourth-order valence-electron chi connectivity index (χ4n) is 1.44. The standard InChI is InChI=1S/C11H8BrClFN3O/c1-17-9(2-3-15-17)11(18)16-10-7(12)4-6(14)5-8(10)13/h2-5H,1H3,(H,16,18). The molecule has 0 unspecified atom stereocenters. The predicted molar refractivity (Wildman–Crippen MR) is 70.3 cm³/mol. The quantitative estimate of drug-likeness (QED) is 0.918. The first-order valence-corrected chi connectivity index (χ1v) is 6.10. The number of carbonyl (C=O) groups is 1. The fourth-order valence-corrected chi connectivity index (χ4v) is 2.33. The predicted octanol–water partition coefficient (Wildman–Crippen LogP) is 3.23. The van der Waals surface area contributed by atoms with Crippen molar-refractivity contribution in [2.24, 2.45) is 7.05 Å². The molecule has 94 valence electrons. The summed E-state index contributed by atoms with van der Waals surface area (Å²) < 4.78 is 14.9. The van der Waals surface area contributed by atoms with E-state index in [1.54, 1.807) is 13.1 Å². The van der Waals surface area contributed by atoms with Crippen molar-refractivity contribution in [2.75, 3.05) is 5.32 Å². The van der Waals surface area contributed by atoms with Gasteiger partial charge in [0, 0.05) is 17.7 Å². The third kappa shape index (κ3) is 2.54. The van der Waals surface area contributed by atoms with Crippen LogP contribution in [-0.2, 0) is 7.05 Å². The number of nitrogens with zero attached hydrogens (tertiary/aromatic N) is 2. The van der Waals surface area contributed by atoms with Gasteiger partial charge in [-0.2, -0.15) is 5.10 Å². The van der Waals surface area contributed by atoms with Crippen molar-refractivity contribution in [2.45, 2.75) is 0 Å². The van der Waals surface area contributed by atoms with Crippen LogP contribution in [0.15, 0.2) is 28.9 Å². The number of hydrogen-bond acceptors (Lipinski definition) is 2. The molecule has 1 N–H and O–H groups in total. The summed E-state index contributed by atoms with van der Waals surface area (Å²) in [6.45, 7) is 0. The van der Waals surface area contributed by atoms with Gasteiger partial charge in [-0.05, 0) is 34.1 Å². The summed E-state index contributed by atoms with van der Waals surface area (Å²) in [5, 5.41) is 6.62. The van der Waals surface area contributed by atoms with Crippen LogP contribution in [-0.4, -0.2) is 15.7 Å². The second kappa shape index (κ2) is 5.07. The van der Waals surface area contributed by atoms with Crippen LogP contribution in [0, 0.1) is 5.82 Å². The average Bonchev–Trinajstić information content (AvgIpc) is 2.69. The molecule has 1 heterocycles. The number of carbonyl (C=O) groups excluding carboxylic acids is 1. The summed E-state index contributed by atoms with van der Waals surface area (Å²) >= 11 is 9.02. The maximum Gasteiger partial charge on any atom is 0.273 e. The molecule has 2 rings (SSSR count). The van der Waals surface area contributed by atoms with Crippen LogP contribution in [0.2, 0.25) is 5.02 Å². The average molecular weight is 333 g/mol. The van der Waals surface area contributed by atoms with Crippen LogP contribution in [0.3, 0.4) is 0 Å². The molecular formula is C11H8BrClFN3O. The first kappa shape index (κ1) is 13.0. The summed E-state index contributed by atoms with van der Waals surface area (Å²) in [5.41, 5.74) is 0.701. The van der Waals surface area contributed by atoms with Crippen molar-refractivity contribution in [3.8, 4) is 0 Å². The molecule has 0 radical (unpaired) electrons. The third-order valence-corrected chi connectivity index (χ3v) is 3.22. The van der Waals surface area contributed by atoms with Crippen LogP contribution in [0.5, 0.6) is 0 Å². The molecule has 4 nitrogen and oxygen atoms in total. The molecule has 0 bridgehead atoms. The van der Waals surface area contributed by atoms with Gasteiger partial charge in [-0.1, -0.05) is 11.6 Å². The zero-order valence-corrected chi connectivity index (χ0v) is 11.6. The van der Waals surface area contributed by atoms with E-state index < -0.39 is 5.82 Å². The second-order valence-corrected chi connectivity index (χ2v) is 4.80. The van der Waals surface area contributed by atoms with E-state index in [9.17, 15) is 9.18 Å². The van der Waals surface area contributed by atoms with Gasteiger partial charge in [0.2, 0.25) is 0 Å². The van der Waals surface area contributed by atoms with Crippen LogP contribution >= 0.6 is 27.5 Å². The van der Waals surface area contributed by atoms with Crippen molar-refractivity contribution in [3.63, 3.8) is 0 Å². The van der Waals surface area contributed by atoms with Gasteiger partial charge in [-0.15, -0.1) is 0 Å². The highest BCUT2D eigenvalue weighted by Gasteiger charge is 2.14. The molecule has 0 aliphatic rings. The van der Waals surface area contributed by atoms with E-state index in [0.29, 0.717) is 15.9 Å². The minimum atomic E-state index is -0.481. The zero-order valence-electron chi connectivity index (χ0n) is 9.25. The number of anilines is 1. The van der Waals surface area contributed by atoms with Gasteiger partial charge in [-0.25, -0.2) is 4.39 Å². The molecule has 1 aromatic carbocycles. The van der Waals surface area contributed by atoms with Crippen LogP contribution < -0.4 is 5.32 Å². The van der Waals surface area contributed by atoms with Crippen LogP contribution in [0.4, 0.5) is 10.1 Å². The molecule has 0 aliphatic heterocycles. The number of aryl methyl sites for hydroxylation is 1. The molecule has 18 heavy (non-hydrogen) atoms. The third-order valence-electron chi connectivity index (χ3n) is 2.30. The van der Waals surface area contributed by atoms with Crippen molar-refractivity contribution >= 4 is 39.1 Å². The molecule has 2 aromatic rings. The molecule has 0 aliphatic carbocycles. The molecule has 0 fully saturated rings. The van der Waals surface area contributed by atoms with E-state index in [1.807, 2.05) is 0 Å². The van der Waals surface area contributed by atoms with E-state index >= 15 is 0 Å². The lowest BCUT2D eigenvalue weighted by molar-refractivity contribution is 0.101. The van der Waals surface area contributed by atoms with E-state index in [0.717, 1.165) is 6.07 Å². The van der Waals surface area contributed by atoms with Gasteiger partial charge in [0.25, 0.3) is 5.91 Å². The minimum absolute atomic E-state index is 0.123. The monoisotopic (exact) mass is 331 g/mol. The number of amides is 1. The molecule has 1 amide bonds. The number of halogens is 3. The molecular weight excluding hydrogens is 324 g/mol. The Labute approximate surface area is 116 Å². The van der Waals surface area contributed by atoms with E-state index in [1.165, 1.54) is 16.9 Å². The number of nitrogens with one attached hydrogen (secondary N) is 1. The number of benzene rings is 1. The van der Waals surface area contributed by atoms with Gasteiger partial charge in [0.15, 0.2) is 0 Å². The highest BCUT2D eigenvalue weighted by atomic mass is 79.9. The van der Waals surface area contributed by atoms with E-state index in [2.05, 4.69) is 26.3 Å². The van der Waals surface area contributed by atoms with Gasteiger partial charge >= 0.3 is 0 Å². The van der Waals surface area contributed by atoms with Gasteiger partial charge < -0.3 is 5.32 Å². The van der Waals surface area contributed by atoms with Crippen molar-refractivity contribution in [3.05, 3.63) is 45.4 Å². The Morgan fingerprint density at radius 3 is 2.83 bits per heavy atom. The minimum Gasteiger partial charge on any atom is -0.318 e. The fraction of sp³-hybridized carbons (Fsp3) is 0.0909. The first-order valence-electron chi connectivity index (χ1n) is 4.93. The number of hydrogen-bond donors (Lipinski definition) is 1.